The summed E-state index contributed by atoms with van der Waals surface area (Å²) < 4.78 is 16.3. The first-order chi connectivity index (χ1) is 30.8. The third kappa shape index (κ3) is 8.42. The standard InChI is InChI=1S/C25H29N5O4S.C20H18N4O3S/c1-33-8-6-30(5-7-31)25(32)15-3-4-18-21(11-15)35-24-22(18)23(27-14-28-24)29-19-9-16-12-26-13-17(16)10-20(19)34-2;1-27-15-5-12-8-21-7-11(12)4-14(15)24-18-17-13-3-2-10(20(25)26)6-16(13)28-19(17)23-9-22-18/h9-10,12,14-15,31H,3-8,11,13H2,1-2H3,(H,27,28,29);4-5,7,9-10H,2-3,6,8H2,1H3,(H,25,26)(H,22,23,24)/t15-;10-/m00/s1. The van der Waals surface area contributed by atoms with Gasteiger partial charge in [0.1, 0.15) is 45.5 Å². The van der Waals surface area contributed by atoms with Crippen molar-refractivity contribution in [3.63, 3.8) is 0 Å². The summed E-state index contributed by atoms with van der Waals surface area (Å²) in [7, 11) is 4.93. The van der Waals surface area contributed by atoms with E-state index in [2.05, 4.69) is 40.6 Å². The Labute approximate surface area is 371 Å². The van der Waals surface area contributed by atoms with Crippen LogP contribution in [0.25, 0.3) is 20.4 Å². The van der Waals surface area contributed by atoms with Crippen molar-refractivity contribution in [2.45, 2.75) is 51.6 Å². The number of aliphatic carboxylic acids is 1. The van der Waals surface area contributed by atoms with Crippen molar-refractivity contribution in [3.8, 4) is 11.5 Å². The second kappa shape index (κ2) is 18.3. The number of thiophene rings is 2. The van der Waals surface area contributed by atoms with Crippen molar-refractivity contribution in [1.29, 1.82) is 0 Å². The number of hydrogen-bond donors (Lipinski definition) is 4. The van der Waals surface area contributed by atoms with Crippen LogP contribution >= 0.6 is 22.7 Å². The van der Waals surface area contributed by atoms with Gasteiger partial charge in [0.15, 0.2) is 0 Å². The molecule has 2 atom stereocenters. The summed E-state index contributed by atoms with van der Waals surface area (Å²) in [5.41, 5.74) is 8.48. The lowest BCUT2D eigenvalue weighted by Crippen LogP contribution is -2.41. The number of carbonyl (C=O) groups is 2. The Bertz CT molecular complexity index is 2790. The first kappa shape index (κ1) is 42.2. The van der Waals surface area contributed by atoms with Crippen LogP contribution in [0.3, 0.4) is 0 Å². The molecule has 2 aromatic carbocycles. The molecule has 0 saturated heterocycles. The summed E-state index contributed by atoms with van der Waals surface area (Å²) in [6.07, 6.45) is 11.0. The molecular formula is C45H47N9O7S2. The minimum absolute atomic E-state index is 0.0566. The zero-order chi connectivity index (χ0) is 43.6. The molecule has 4 aliphatic rings. The van der Waals surface area contributed by atoms with Gasteiger partial charge in [0.05, 0.1) is 68.6 Å². The van der Waals surface area contributed by atoms with Crippen LogP contribution in [0.1, 0.15) is 56.0 Å². The zero-order valence-electron chi connectivity index (χ0n) is 35.1. The molecule has 2 aliphatic carbocycles. The summed E-state index contributed by atoms with van der Waals surface area (Å²) in [6.45, 7) is 2.55. The summed E-state index contributed by atoms with van der Waals surface area (Å²) in [5.74, 6) is 1.88. The molecule has 18 heteroatoms. The third-order valence-electron chi connectivity index (χ3n) is 12.0. The van der Waals surface area contributed by atoms with E-state index in [-0.39, 0.29) is 24.3 Å². The Kier molecular flexibility index (Phi) is 12.3. The maximum atomic E-state index is 13.2. The van der Waals surface area contributed by atoms with Crippen molar-refractivity contribution >= 4 is 90.4 Å². The number of carboxylic acid groups (broad SMARTS) is 1. The highest BCUT2D eigenvalue weighted by Crippen LogP contribution is 2.44. The van der Waals surface area contributed by atoms with Crippen LogP contribution < -0.4 is 20.1 Å². The van der Waals surface area contributed by atoms with E-state index >= 15 is 0 Å². The molecule has 1 amide bonds. The van der Waals surface area contributed by atoms with Gasteiger partial charge >= 0.3 is 5.97 Å². The minimum atomic E-state index is -0.725. The number of ether oxygens (including phenoxy) is 3. The highest BCUT2D eigenvalue weighted by Gasteiger charge is 2.32. The van der Waals surface area contributed by atoms with Gasteiger partial charge in [0.25, 0.3) is 0 Å². The number of benzene rings is 2. The Morgan fingerprint density at radius 3 is 1.76 bits per heavy atom. The van der Waals surface area contributed by atoms with Gasteiger partial charge in [-0.05, 0) is 96.2 Å². The Hall–Kier alpha value is -6.08. The van der Waals surface area contributed by atoms with E-state index < -0.39 is 5.97 Å². The van der Waals surface area contributed by atoms with Gasteiger partial charge < -0.3 is 40.0 Å². The SMILES string of the molecule is COCCN(CCO)C(=O)[C@H]1CCc2c(sc3ncnc(Nc4cc5c(cc4OC)CN=C5)c23)C1.COc1cc2c(cc1Nc1ncnc3sc4c(c13)CC[C@H](C(=O)O)C4)C=NC2. The number of nitrogens with one attached hydrogen (secondary N) is 2. The van der Waals surface area contributed by atoms with Gasteiger partial charge in [-0.1, -0.05) is 0 Å². The van der Waals surface area contributed by atoms with E-state index in [0.29, 0.717) is 52.0 Å². The van der Waals surface area contributed by atoms with Crippen molar-refractivity contribution < 1.29 is 34.0 Å². The number of methoxy groups -OCH3 is 3. The quantitative estimate of drug-likeness (QED) is 0.0977. The number of aliphatic hydroxyl groups excluding tert-OH is 1. The van der Waals surface area contributed by atoms with Gasteiger partial charge in [-0.25, -0.2) is 19.9 Å². The minimum Gasteiger partial charge on any atom is -0.495 e. The second-order valence-corrected chi connectivity index (χ2v) is 17.9. The largest absolute Gasteiger partial charge is 0.495 e. The Morgan fingerprint density at radius 1 is 0.746 bits per heavy atom. The number of carboxylic acids is 1. The van der Waals surface area contributed by atoms with Crippen molar-refractivity contribution in [1.82, 2.24) is 24.8 Å². The maximum absolute atomic E-state index is 13.2. The predicted octanol–water partition coefficient (Wildman–Crippen LogP) is 6.51. The van der Waals surface area contributed by atoms with Gasteiger partial charge in [-0.15, -0.1) is 22.7 Å². The molecule has 2 aliphatic heterocycles. The number of aliphatic hydroxyl groups is 1. The summed E-state index contributed by atoms with van der Waals surface area (Å²) >= 11 is 3.20. The van der Waals surface area contributed by atoms with E-state index in [4.69, 9.17) is 14.2 Å². The first-order valence-electron chi connectivity index (χ1n) is 20.8. The normalized spacial score (nSPS) is 16.8. The third-order valence-corrected chi connectivity index (χ3v) is 14.4. The van der Waals surface area contributed by atoms with Crippen LogP contribution in [-0.2, 0) is 53.1 Å². The Balaban J connectivity index is 0.000000164. The van der Waals surface area contributed by atoms with Crippen molar-refractivity contribution in [3.05, 3.63) is 80.1 Å². The van der Waals surface area contributed by atoms with Crippen LogP contribution in [0.2, 0.25) is 0 Å². The molecule has 0 fully saturated rings. The summed E-state index contributed by atoms with van der Waals surface area (Å²) in [4.78, 5) is 57.0. The molecule has 10 rings (SSSR count). The molecule has 63 heavy (non-hydrogen) atoms. The number of fused-ring (bicyclic) bond motifs is 8. The lowest BCUT2D eigenvalue weighted by atomic mass is 9.86. The molecule has 0 bridgehead atoms. The number of nitrogens with zero attached hydrogens (tertiary/aromatic N) is 7. The highest BCUT2D eigenvalue weighted by atomic mass is 32.1. The van der Waals surface area contributed by atoms with Crippen molar-refractivity contribution in [2.75, 3.05) is 58.3 Å². The summed E-state index contributed by atoms with van der Waals surface area (Å²) in [6, 6.07) is 8.09. The number of aryl methyl sites for hydroxylation is 2. The van der Waals surface area contributed by atoms with Crippen LogP contribution in [0.15, 0.2) is 46.9 Å². The highest BCUT2D eigenvalue weighted by molar-refractivity contribution is 7.19. The fraction of sp³-hybridized carbons (Fsp3) is 0.378. The molecule has 0 spiro atoms. The lowest BCUT2D eigenvalue weighted by Gasteiger charge is -2.29. The lowest BCUT2D eigenvalue weighted by molar-refractivity contribution is -0.142. The van der Waals surface area contributed by atoms with Crippen LogP contribution in [0, 0.1) is 11.8 Å². The van der Waals surface area contributed by atoms with Gasteiger partial charge in [0.2, 0.25) is 5.91 Å². The molecule has 326 valence electrons. The first-order valence-corrected chi connectivity index (χ1v) is 22.5. The number of rotatable bonds is 13. The average molecular weight is 890 g/mol. The van der Waals surface area contributed by atoms with E-state index in [1.807, 2.05) is 36.7 Å². The number of aromatic nitrogens is 4. The van der Waals surface area contributed by atoms with E-state index in [9.17, 15) is 19.8 Å². The van der Waals surface area contributed by atoms with Gasteiger partial charge in [-0.2, -0.15) is 0 Å². The average Bonchev–Trinajstić information content (AvgIpc) is 4.11. The molecule has 4 N–H and O–H groups in total. The molecular weight excluding hydrogens is 843 g/mol. The van der Waals surface area contributed by atoms with E-state index in [0.717, 1.165) is 101 Å². The van der Waals surface area contributed by atoms with Crippen LogP contribution in [0.5, 0.6) is 11.5 Å². The Morgan fingerprint density at radius 2 is 1.27 bits per heavy atom. The number of carbonyl (C=O) groups excluding carboxylic acids is 1. The molecule has 4 aromatic heterocycles. The number of anilines is 4. The van der Waals surface area contributed by atoms with Crippen molar-refractivity contribution in [2.24, 2.45) is 21.8 Å². The molecule has 0 unspecified atom stereocenters. The van der Waals surface area contributed by atoms with E-state index in [1.165, 1.54) is 16.0 Å². The molecule has 0 saturated carbocycles. The fourth-order valence-corrected chi connectivity index (χ4v) is 11.3. The monoisotopic (exact) mass is 889 g/mol. The summed E-state index contributed by atoms with van der Waals surface area (Å²) in [5, 5.41) is 27.7. The zero-order valence-corrected chi connectivity index (χ0v) is 36.8. The predicted molar refractivity (Wildman–Crippen MR) is 244 cm³/mol. The number of aliphatic imine (C=N–C) groups is 2. The molecule has 6 aromatic rings. The number of amides is 1. The maximum Gasteiger partial charge on any atom is 0.306 e. The molecule has 0 radical (unpaired) electrons. The van der Waals surface area contributed by atoms with Gasteiger partial charge in [0, 0.05) is 48.3 Å². The molecule has 16 nitrogen and oxygen atoms in total. The smallest absolute Gasteiger partial charge is 0.306 e. The van der Waals surface area contributed by atoms with Gasteiger partial charge in [-0.3, -0.25) is 19.6 Å². The second-order valence-electron chi connectivity index (χ2n) is 15.8. The van der Waals surface area contributed by atoms with E-state index in [1.54, 1.807) is 61.6 Å². The van der Waals surface area contributed by atoms with Crippen LogP contribution in [0.4, 0.5) is 23.0 Å². The fourth-order valence-electron chi connectivity index (χ4n) is 8.81. The van der Waals surface area contributed by atoms with Crippen LogP contribution in [-0.4, -0.2) is 107 Å². The number of hydrogen-bond acceptors (Lipinski definition) is 16. The molecule has 6 heterocycles. The topological polar surface area (TPSA) is 206 Å².